The summed E-state index contributed by atoms with van der Waals surface area (Å²) in [6.45, 7) is 1.45. The van der Waals surface area contributed by atoms with Crippen LogP contribution in [0.2, 0.25) is 5.02 Å². The molecule has 1 aromatic rings. The highest BCUT2D eigenvalue weighted by Gasteiger charge is 2.28. The summed E-state index contributed by atoms with van der Waals surface area (Å²) in [6.07, 6.45) is 2.14. The Hall–Kier alpha value is -1.31. The van der Waals surface area contributed by atoms with Crippen molar-refractivity contribution in [1.82, 2.24) is 5.32 Å². The maximum absolute atomic E-state index is 12.2. The number of amides is 1. The second kappa shape index (κ2) is 7.99. The lowest BCUT2D eigenvalue weighted by atomic mass is 10.1. The standard InChI is InChI=1S/C15H21ClN2O4S/c1-22-9-4-7-17-15(19)12-5-6-13(16)14(11-12)18-8-2-3-10-23(18,20)21/h5-6,11H,2-4,7-10H2,1H3,(H,17,19). The van der Waals surface area contributed by atoms with Crippen LogP contribution in [0.3, 0.4) is 0 Å². The Morgan fingerprint density at radius 3 is 2.87 bits per heavy atom. The maximum atomic E-state index is 12.2. The molecule has 1 heterocycles. The van der Waals surface area contributed by atoms with Gasteiger partial charge in [-0.2, -0.15) is 0 Å². The molecule has 1 aliphatic rings. The maximum Gasteiger partial charge on any atom is 0.251 e. The molecule has 0 unspecified atom stereocenters. The molecule has 2 rings (SSSR count). The number of nitrogens with zero attached hydrogens (tertiary/aromatic N) is 1. The highest BCUT2D eigenvalue weighted by molar-refractivity contribution is 7.92. The minimum Gasteiger partial charge on any atom is -0.385 e. The van der Waals surface area contributed by atoms with E-state index in [9.17, 15) is 13.2 Å². The number of sulfonamides is 1. The van der Waals surface area contributed by atoms with Crippen molar-refractivity contribution in [3.05, 3.63) is 28.8 Å². The summed E-state index contributed by atoms with van der Waals surface area (Å²) in [7, 11) is -1.76. The number of anilines is 1. The summed E-state index contributed by atoms with van der Waals surface area (Å²) in [4.78, 5) is 12.2. The van der Waals surface area contributed by atoms with E-state index in [2.05, 4.69) is 5.32 Å². The van der Waals surface area contributed by atoms with E-state index in [4.69, 9.17) is 16.3 Å². The van der Waals surface area contributed by atoms with Gasteiger partial charge in [-0.3, -0.25) is 9.10 Å². The van der Waals surface area contributed by atoms with Crippen molar-refractivity contribution in [2.24, 2.45) is 0 Å². The molecule has 1 aliphatic heterocycles. The first-order chi connectivity index (χ1) is 11.0. The molecular weight excluding hydrogens is 340 g/mol. The van der Waals surface area contributed by atoms with E-state index >= 15 is 0 Å². The third-order valence-corrected chi connectivity index (χ3v) is 5.81. The average molecular weight is 361 g/mol. The predicted octanol–water partition coefficient (Wildman–Crippen LogP) is 2.04. The van der Waals surface area contributed by atoms with Crippen molar-refractivity contribution in [2.75, 3.05) is 36.9 Å². The number of ether oxygens (including phenoxy) is 1. The number of hydrogen-bond acceptors (Lipinski definition) is 4. The van der Waals surface area contributed by atoms with Gasteiger partial charge < -0.3 is 10.1 Å². The van der Waals surface area contributed by atoms with Gasteiger partial charge in [0.05, 0.1) is 16.5 Å². The smallest absolute Gasteiger partial charge is 0.251 e. The molecule has 0 bridgehead atoms. The van der Waals surface area contributed by atoms with E-state index in [0.29, 0.717) is 48.8 Å². The monoisotopic (exact) mass is 360 g/mol. The second-order valence-corrected chi connectivity index (χ2v) is 7.78. The highest BCUT2D eigenvalue weighted by Crippen LogP contribution is 2.31. The van der Waals surface area contributed by atoms with Gasteiger partial charge in [-0.1, -0.05) is 11.6 Å². The van der Waals surface area contributed by atoms with Crippen molar-refractivity contribution >= 4 is 33.2 Å². The Morgan fingerprint density at radius 1 is 1.39 bits per heavy atom. The zero-order valence-electron chi connectivity index (χ0n) is 13.0. The number of carbonyl (C=O) groups excluding carboxylic acids is 1. The fourth-order valence-corrected chi connectivity index (χ4v) is 4.34. The second-order valence-electron chi connectivity index (χ2n) is 5.36. The topological polar surface area (TPSA) is 75.7 Å². The van der Waals surface area contributed by atoms with Crippen molar-refractivity contribution in [1.29, 1.82) is 0 Å². The molecule has 1 fully saturated rings. The van der Waals surface area contributed by atoms with Crippen LogP contribution in [0.15, 0.2) is 18.2 Å². The normalized spacial score (nSPS) is 17.0. The van der Waals surface area contributed by atoms with E-state index in [-0.39, 0.29) is 11.7 Å². The summed E-state index contributed by atoms with van der Waals surface area (Å²) in [5.74, 6) is -0.148. The third kappa shape index (κ3) is 4.59. The first-order valence-electron chi connectivity index (χ1n) is 7.53. The van der Waals surface area contributed by atoms with E-state index in [1.165, 1.54) is 10.4 Å². The molecule has 1 aromatic carbocycles. The Kier molecular flexibility index (Phi) is 6.26. The van der Waals surface area contributed by atoms with Gasteiger partial charge in [-0.05, 0) is 37.5 Å². The molecule has 6 nitrogen and oxygen atoms in total. The van der Waals surface area contributed by atoms with Gasteiger partial charge in [0.15, 0.2) is 0 Å². The summed E-state index contributed by atoms with van der Waals surface area (Å²) in [5.41, 5.74) is 0.762. The van der Waals surface area contributed by atoms with Crippen LogP contribution in [0.4, 0.5) is 5.69 Å². The quantitative estimate of drug-likeness (QED) is 0.788. The fraction of sp³-hybridized carbons (Fsp3) is 0.533. The lowest BCUT2D eigenvalue weighted by molar-refractivity contribution is 0.0948. The molecule has 1 saturated heterocycles. The van der Waals surface area contributed by atoms with Crippen LogP contribution in [-0.4, -0.2) is 46.9 Å². The first kappa shape index (κ1) is 18.0. The zero-order chi connectivity index (χ0) is 16.9. The van der Waals surface area contributed by atoms with Crippen molar-refractivity contribution in [3.8, 4) is 0 Å². The van der Waals surface area contributed by atoms with Crippen LogP contribution in [0.1, 0.15) is 29.6 Å². The van der Waals surface area contributed by atoms with Crippen LogP contribution in [0, 0.1) is 0 Å². The molecule has 0 saturated carbocycles. The van der Waals surface area contributed by atoms with E-state index < -0.39 is 10.0 Å². The molecule has 1 N–H and O–H groups in total. The average Bonchev–Trinajstić information content (AvgIpc) is 2.52. The van der Waals surface area contributed by atoms with E-state index in [1.54, 1.807) is 19.2 Å². The van der Waals surface area contributed by atoms with Gasteiger partial charge in [0.1, 0.15) is 0 Å². The van der Waals surface area contributed by atoms with Crippen LogP contribution >= 0.6 is 11.6 Å². The molecule has 0 aliphatic carbocycles. The molecule has 0 spiro atoms. The third-order valence-electron chi connectivity index (χ3n) is 3.64. The molecule has 0 aromatic heterocycles. The number of methoxy groups -OCH3 is 1. The molecule has 128 valence electrons. The number of carbonyl (C=O) groups is 1. The van der Waals surface area contributed by atoms with Crippen LogP contribution in [0.5, 0.6) is 0 Å². The summed E-state index contributed by atoms with van der Waals surface area (Å²) < 4.78 is 30.7. The first-order valence-corrected chi connectivity index (χ1v) is 9.51. The lowest BCUT2D eigenvalue weighted by Crippen LogP contribution is -2.38. The molecule has 0 radical (unpaired) electrons. The summed E-state index contributed by atoms with van der Waals surface area (Å²) >= 11 is 6.15. The van der Waals surface area contributed by atoms with Crippen molar-refractivity contribution in [2.45, 2.75) is 19.3 Å². The number of halogens is 1. The Labute approximate surface area is 141 Å². The SMILES string of the molecule is COCCCNC(=O)c1ccc(Cl)c(N2CCCCS2(=O)=O)c1. The van der Waals surface area contributed by atoms with Crippen molar-refractivity contribution < 1.29 is 17.9 Å². The largest absolute Gasteiger partial charge is 0.385 e. The van der Waals surface area contributed by atoms with E-state index in [0.717, 1.165) is 6.42 Å². The lowest BCUT2D eigenvalue weighted by Gasteiger charge is -2.29. The minimum absolute atomic E-state index is 0.108. The predicted molar refractivity (Wildman–Crippen MR) is 90.6 cm³/mol. The summed E-state index contributed by atoms with van der Waals surface area (Å²) in [6, 6.07) is 4.69. The molecule has 1 amide bonds. The van der Waals surface area contributed by atoms with Gasteiger partial charge in [0.25, 0.3) is 5.91 Å². The van der Waals surface area contributed by atoms with Gasteiger partial charge >= 0.3 is 0 Å². The van der Waals surface area contributed by atoms with Gasteiger partial charge in [-0.25, -0.2) is 8.42 Å². The molecule has 23 heavy (non-hydrogen) atoms. The molecular formula is C15H21ClN2O4S. The van der Waals surface area contributed by atoms with E-state index in [1.807, 2.05) is 0 Å². The number of hydrogen-bond donors (Lipinski definition) is 1. The van der Waals surface area contributed by atoms with Gasteiger partial charge in [0.2, 0.25) is 10.0 Å². The fourth-order valence-electron chi connectivity index (χ4n) is 2.42. The van der Waals surface area contributed by atoms with Crippen LogP contribution in [0.25, 0.3) is 0 Å². The molecule has 0 atom stereocenters. The van der Waals surface area contributed by atoms with Gasteiger partial charge in [0, 0.05) is 32.4 Å². The van der Waals surface area contributed by atoms with Crippen LogP contribution < -0.4 is 9.62 Å². The Morgan fingerprint density at radius 2 is 2.17 bits per heavy atom. The highest BCUT2D eigenvalue weighted by atomic mass is 35.5. The number of nitrogens with one attached hydrogen (secondary N) is 1. The zero-order valence-corrected chi connectivity index (χ0v) is 14.6. The summed E-state index contributed by atoms with van der Waals surface area (Å²) in [5, 5.41) is 3.10. The minimum atomic E-state index is -3.37. The Balaban J connectivity index is 2.17. The molecule has 8 heteroatoms. The van der Waals surface area contributed by atoms with Gasteiger partial charge in [-0.15, -0.1) is 0 Å². The van der Waals surface area contributed by atoms with Crippen LogP contribution in [-0.2, 0) is 14.8 Å². The number of rotatable bonds is 6. The van der Waals surface area contributed by atoms with Crippen molar-refractivity contribution in [3.63, 3.8) is 0 Å². The Bertz CT molecular complexity index is 663. The number of benzene rings is 1.